The molecule has 1 saturated heterocycles. The molecular formula is C35H32N2O10. The number of benzene rings is 3. The van der Waals surface area contributed by atoms with Crippen molar-refractivity contribution in [3.8, 4) is 0 Å². The number of hydrogen-bond acceptors (Lipinski definition) is 9. The van der Waals surface area contributed by atoms with Crippen molar-refractivity contribution in [1.29, 1.82) is 0 Å². The minimum atomic E-state index is -1.32. The molecule has 0 spiro atoms. The van der Waals surface area contributed by atoms with E-state index in [9.17, 15) is 28.8 Å². The summed E-state index contributed by atoms with van der Waals surface area (Å²) in [7, 11) is 0. The topological polar surface area (TPSA) is 171 Å². The molecule has 1 aliphatic rings. The summed E-state index contributed by atoms with van der Waals surface area (Å²) in [5.41, 5.74) is 0.568. The average Bonchev–Trinajstić information content (AvgIpc) is 3.48. The van der Waals surface area contributed by atoms with Crippen LogP contribution in [0.3, 0.4) is 0 Å². The molecule has 0 amide bonds. The van der Waals surface area contributed by atoms with E-state index in [2.05, 4.69) is 4.98 Å². The summed E-state index contributed by atoms with van der Waals surface area (Å²) in [4.78, 5) is 73.8. The number of nitrogens with zero attached hydrogens (tertiary/aromatic N) is 1. The van der Waals surface area contributed by atoms with Crippen molar-refractivity contribution in [3.63, 3.8) is 0 Å². The first kappa shape index (κ1) is 32.9. The quantitative estimate of drug-likeness (QED) is 0.125. The van der Waals surface area contributed by atoms with Gasteiger partial charge in [0.1, 0.15) is 36.6 Å². The molecule has 5 rings (SSSR count). The first-order valence-electron chi connectivity index (χ1n) is 14.8. The van der Waals surface area contributed by atoms with E-state index in [1.54, 1.807) is 48.5 Å². The maximum atomic E-state index is 12.7. The fourth-order valence-electron chi connectivity index (χ4n) is 5.60. The largest absolute Gasteiger partial charge is 0.481 e. The third-order valence-electron chi connectivity index (χ3n) is 8.01. The Labute approximate surface area is 268 Å². The van der Waals surface area contributed by atoms with Crippen molar-refractivity contribution in [2.24, 2.45) is 0 Å². The first-order valence-corrected chi connectivity index (χ1v) is 14.8. The van der Waals surface area contributed by atoms with Gasteiger partial charge >= 0.3 is 17.6 Å². The van der Waals surface area contributed by atoms with Crippen LogP contribution in [0.2, 0.25) is 0 Å². The van der Waals surface area contributed by atoms with Gasteiger partial charge in [0.2, 0.25) is 0 Å². The van der Waals surface area contributed by atoms with Gasteiger partial charge in [0, 0.05) is 29.3 Å². The van der Waals surface area contributed by atoms with Crippen molar-refractivity contribution >= 4 is 24.5 Å². The predicted molar refractivity (Wildman–Crippen MR) is 167 cm³/mol. The molecule has 242 valence electrons. The third-order valence-corrected chi connectivity index (χ3v) is 8.01. The fourth-order valence-corrected chi connectivity index (χ4v) is 5.60. The van der Waals surface area contributed by atoms with Gasteiger partial charge < -0.3 is 19.3 Å². The zero-order chi connectivity index (χ0) is 33.6. The van der Waals surface area contributed by atoms with E-state index in [1.165, 1.54) is 17.7 Å². The molecule has 1 aromatic heterocycles. The first-order chi connectivity index (χ1) is 22.6. The number of carboxylic acids is 1. The third kappa shape index (κ3) is 7.19. The molecule has 2 N–H and O–H groups in total. The highest BCUT2D eigenvalue weighted by Crippen LogP contribution is 2.42. The van der Waals surface area contributed by atoms with Crippen LogP contribution in [0, 0.1) is 6.92 Å². The molecule has 0 saturated carbocycles. The van der Waals surface area contributed by atoms with E-state index in [0.717, 1.165) is 12.6 Å². The van der Waals surface area contributed by atoms with Crippen LogP contribution < -0.4 is 11.2 Å². The highest BCUT2D eigenvalue weighted by molar-refractivity contribution is 5.77. The van der Waals surface area contributed by atoms with Crippen molar-refractivity contribution in [2.45, 2.75) is 50.2 Å². The van der Waals surface area contributed by atoms with Crippen LogP contribution in [0.4, 0.5) is 0 Å². The lowest BCUT2D eigenvalue weighted by molar-refractivity contribution is -0.157. The zero-order valence-corrected chi connectivity index (χ0v) is 25.4. The molecule has 0 bridgehead atoms. The van der Waals surface area contributed by atoms with Crippen molar-refractivity contribution < 1.29 is 38.5 Å². The van der Waals surface area contributed by atoms with Gasteiger partial charge in [0.05, 0.1) is 19.4 Å². The molecule has 12 heteroatoms. The molecule has 1 aliphatic heterocycles. The Morgan fingerprint density at radius 3 is 2.04 bits per heavy atom. The molecule has 12 nitrogen and oxygen atoms in total. The van der Waals surface area contributed by atoms with E-state index in [4.69, 9.17) is 19.3 Å². The monoisotopic (exact) mass is 640 g/mol. The Morgan fingerprint density at radius 1 is 0.915 bits per heavy atom. The highest BCUT2D eigenvalue weighted by atomic mass is 16.6. The molecule has 0 aliphatic carbocycles. The molecule has 2 heterocycles. The van der Waals surface area contributed by atoms with Gasteiger partial charge in [-0.05, 0) is 23.6 Å². The minimum Gasteiger partial charge on any atom is -0.481 e. The SMILES string of the molecule is Cc1cn(C2CC(OC(=O)CCC(=O)O)C(COC(c3ccccc3)(c3ccc(C=O)cc3)c3ccc(C=O)cc3)O2)c(=O)[nH]c1=O. The number of H-pyrrole nitrogens is 1. The lowest BCUT2D eigenvalue weighted by Crippen LogP contribution is -2.39. The summed E-state index contributed by atoms with van der Waals surface area (Å²) in [6.45, 7) is 1.35. The fraction of sp³-hybridized carbons (Fsp3) is 0.257. The predicted octanol–water partition coefficient (Wildman–Crippen LogP) is 3.54. The number of rotatable bonds is 13. The molecule has 3 unspecified atom stereocenters. The summed E-state index contributed by atoms with van der Waals surface area (Å²) >= 11 is 0. The summed E-state index contributed by atoms with van der Waals surface area (Å²) < 4.78 is 20.0. The second-order valence-electron chi connectivity index (χ2n) is 11.1. The molecule has 3 aromatic carbocycles. The van der Waals surface area contributed by atoms with Crippen LogP contribution in [0.15, 0.2) is 94.6 Å². The Bertz CT molecular complexity index is 1810. The zero-order valence-electron chi connectivity index (χ0n) is 25.4. The average molecular weight is 641 g/mol. The Hall–Kier alpha value is -5.46. The molecular weight excluding hydrogens is 608 g/mol. The number of carbonyl (C=O) groups is 4. The standard InChI is InChI=1S/C35H32N2O10/c1-22-18-37(34(44)36-33(22)43)30-17-28(47-32(42)16-15-31(40)41)29(46-30)21-45-35(25-5-3-2-4-6-25,26-11-7-23(19-38)8-12-26)27-13-9-24(20-39)10-14-27/h2-14,18-20,28-30H,15-17,21H2,1H3,(H,40,41)(H,36,43,44). The second kappa shape index (κ2) is 14.3. The molecule has 3 atom stereocenters. The van der Waals surface area contributed by atoms with Crippen LogP contribution in [0.5, 0.6) is 0 Å². The maximum Gasteiger partial charge on any atom is 0.330 e. The number of ether oxygens (including phenoxy) is 3. The Morgan fingerprint density at radius 2 is 1.49 bits per heavy atom. The van der Waals surface area contributed by atoms with Gasteiger partial charge in [-0.15, -0.1) is 0 Å². The summed E-state index contributed by atoms with van der Waals surface area (Å²) in [5, 5.41) is 9.05. The Balaban J connectivity index is 1.57. The van der Waals surface area contributed by atoms with E-state index >= 15 is 0 Å². The van der Waals surface area contributed by atoms with Crippen LogP contribution in [-0.4, -0.2) is 58.0 Å². The number of aldehydes is 2. The number of carbonyl (C=O) groups excluding carboxylic acids is 3. The van der Waals surface area contributed by atoms with E-state index in [0.29, 0.717) is 27.8 Å². The Kier molecular flexibility index (Phi) is 10.0. The van der Waals surface area contributed by atoms with Crippen LogP contribution in [0.1, 0.15) is 68.5 Å². The number of aryl methyl sites for hydroxylation is 1. The maximum absolute atomic E-state index is 12.7. The van der Waals surface area contributed by atoms with Gasteiger partial charge in [-0.25, -0.2) is 4.79 Å². The summed E-state index contributed by atoms with van der Waals surface area (Å²) in [6, 6.07) is 22.9. The molecule has 1 fully saturated rings. The molecule has 4 aromatic rings. The van der Waals surface area contributed by atoms with Crippen molar-refractivity contribution in [1.82, 2.24) is 9.55 Å². The normalized spacial score (nSPS) is 17.6. The number of carboxylic acid groups (broad SMARTS) is 1. The van der Waals surface area contributed by atoms with Crippen LogP contribution >= 0.6 is 0 Å². The smallest absolute Gasteiger partial charge is 0.330 e. The van der Waals surface area contributed by atoms with Gasteiger partial charge in [-0.1, -0.05) is 78.9 Å². The number of aliphatic carboxylic acids is 1. The van der Waals surface area contributed by atoms with E-state index in [-0.39, 0.29) is 25.0 Å². The number of nitrogens with one attached hydrogen (secondary N) is 1. The van der Waals surface area contributed by atoms with E-state index < -0.39 is 53.6 Å². The highest BCUT2D eigenvalue weighted by Gasteiger charge is 2.44. The number of aromatic nitrogens is 2. The van der Waals surface area contributed by atoms with Gasteiger partial charge in [-0.3, -0.25) is 33.5 Å². The van der Waals surface area contributed by atoms with Crippen molar-refractivity contribution in [2.75, 3.05) is 6.61 Å². The lowest BCUT2D eigenvalue weighted by atomic mass is 9.79. The van der Waals surface area contributed by atoms with Gasteiger partial charge in [-0.2, -0.15) is 0 Å². The van der Waals surface area contributed by atoms with Gasteiger partial charge in [0.15, 0.2) is 0 Å². The molecule has 0 radical (unpaired) electrons. The summed E-state index contributed by atoms with van der Waals surface area (Å²) in [6.07, 6.45) is -0.831. The van der Waals surface area contributed by atoms with Crippen LogP contribution in [0.25, 0.3) is 0 Å². The molecule has 47 heavy (non-hydrogen) atoms. The lowest BCUT2D eigenvalue weighted by Gasteiger charge is -2.37. The summed E-state index contributed by atoms with van der Waals surface area (Å²) in [5.74, 6) is -1.92. The van der Waals surface area contributed by atoms with Gasteiger partial charge in [0.25, 0.3) is 5.56 Å². The number of hydrogen-bond donors (Lipinski definition) is 2. The van der Waals surface area contributed by atoms with Crippen LogP contribution in [-0.2, 0) is 29.4 Å². The number of esters is 1. The minimum absolute atomic E-state index is 0.0125. The van der Waals surface area contributed by atoms with E-state index in [1.807, 2.05) is 30.3 Å². The number of aromatic amines is 1. The second-order valence-corrected chi connectivity index (χ2v) is 11.1. The van der Waals surface area contributed by atoms with Crippen molar-refractivity contribution in [3.05, 3.63) is 139 Å².